The number of hydrogen-bond donors (Lipinski definition) is 2. The molecule has 1 aliphatic heterocycles. The number of pyridine rings is 1. The molecule has 3 atom stereocenters. The molecule has 0 radical (unpaired) electrons. The average Bonchev–Trinajstić information content (AvgIpc) is 3.11. The van der Waals surface area contributed by atoms with E-state index in [0.717, 1.165) is 32.4 Å². The highest BCUT2D eigenvalue weighted by atomic mass is 19.3. The summed E-state index contributed by atoms with van der Waals surface area (Å²) >= 11 is 0. The minimum Gasteiger partial charge on any atom is -0.417 e. The lowest BCUT2D eigenvalue weighted by atomic mass is 9.81. The van der Waals surface area contributed by atoms with Crippen molar-refractivity contribution < 1.29 is 18.3 Å². The summed E-state index contributed by atoms with van der Waals surface area (Å²) < 4.78 is 30.4. The number of nitrogens with two attached hydrogens (primary N) is 1. The lowest BCUT2D eigenvalue weighted by Crippen LogP contribution is -2.48. The fourth-order valence-corrected chi connectivity index (χ4v) is 4.21. The Morgan fingerprint density at radius 2 is 2.16 bits per heavy atom. The van der Waals surface area contributed by atoms with E-state index in [1.165, 1.54) is 24.8 Å². The van der Waals surface area contributed by atoms with Crippen molar-refractivity contribution in [2.75, 3.05) is 18.4 Å². The predicted molar refractivity (Wildman–Crippen MR) is 107 cm³/mol. The maximum absolute atomic E-state index is 12.3. The molecule has 31 heavy (non-hydrogen) atoms. The van der Waals surface area contributed by atoms with Crippen LogP contribution < -0.4 is 15.8 Å². The second kappa shape index (κ2) is 8.85. The Hall–Kier alpha value is -3.26. The molecule has 1 amide bonds. The van der Waals surface area contributed by atoms with Gasteiger partial charge in [0, 0.05) is 18.3 Å². The van der Waals surface area contributed by atoms with Crippen molar-refractivity contribution in [1.29, 1.82) is 5.26 Å². The van der Waals surface area contributed by atoms with Gasteiger partial charge in [0.25, 0.3) is 5.91 Å². The van der Waals surface area contributed by atoms with Gasteiger partial charge in [0.05, 0.1) is 29.9 Å². The van der Waals surface area contributed by atoms with Crippen LogP contribution >= 0.6 is 0 Å². The first-order valence-corrected chi connectivity index (χ1v) is 10.1. The third-order valence-corrected chi connectivity index (χ3v) is 5.91. The van der Waals surface area contributed by atoms with Gasteiger partial charge in [-0.15, -0.1) is 0 Å². The van der Waals surface area contributed by atoms with Crippen molar-refractivity contribution in [3.05, 3.63) is 30.1 Å². The van der Waals surface area contributed by atoms with Crippen LogP contribution in [0, 0.1) is 17.2 Å². The Kier molecular flexibility index (Phi) is 5.99. The number of primary amides is 1. The number of nitrogens with one attached hydrogen (secondary N) is 1. The minimum atomic E-state index is -2.97. The number of hydrogen-bond acceptors (Lipinski definition) is 7. The number of carbonyl (C=O) groups is 1. The molecule has 1 saturated heterocycles. The van der Waals surface area contributed by atoms with Gasteiger partial charge in [-0.1, -0.05) is 0 Å². The third-order valence-electron chi connectivity index (χ3n) is 5.91. The molecule has 4 rings (SSSR count). The fraction of sp³-hybridized carbons (Fsp3) is 0.500. The number of alkyl halides is 2. The van der Waals surface area contributed by atoms with E-state index in [2.05, 4.69) is 31.1 Å². The Morgan fingerprint density at radius 3 is 2.74 bits per heavy atom. The Labute approximate surface area is 177 Å². The van der Waals surface area contributed by atoms with Gasteiger partial charge < -0.3 is 20.7 Å². The third kappa shape index (κ3) is 4.59. The standard InChI is InChI=1S/C20H23F2N7O2/c21-20(22)31-17-5-2-13(10-25-17)26-19-15(18(24)30)11-29(27-19)16-4-3-14(8-12(16)9-23)28-6-1-7-28/h2,5,10-12,14,16,20H,1,3-4,6-8H2,(H2,24,30)(H,26,27)/t12-,14-,16+/m1/s1. The lowest BCUT2D eigenvalue weighted by molar-refractivity contribution is -0.0528. The van der Waals surface area contributed by atoms with Crippen LogP contribution in [0.3, 0.4) is 0 Å². The molecule has 2 fully saturated rings. The molecular formula is C20H23F2N7O2. The van der Waals surface area contributed by atoms with Crippen molar-refractivity contribution in [2.24, 2.45) is 11.7 Å². The van der Waals surface area contributed by atoms with Crippen LogP contribution in [0.4, 0.5) is 20.3 Å². The Morgan fingerprint density at radius 1 is 1.35 bits per heavy atom. The van der Waals surface area contributed by atoms with Gasteiger partial charge in [-0.3, -0.25) is 9.48 Å². The molecule has 0 unspecified atom stereocenters. The van der Waals surface area contributed by atoms with Crippen molar-refractivity contribution in [2.45, 2.75) is 44.4 Å². The zero-order chi connectivity index (χ0) is 22.0. The molecule has 1 saturated carbocycles. The van der Waals surface area contributed by atoms with Crippen molar-refractivity contribution in [3.8, 4) is 11.9 Å². The van der Waals surface area contributed by atoms with E-state index in [1.54, 1.807) is 10.9 Å². The molecule has 164 valence electrons. The number of nitrogens with zero attached hydrogens (tertiary/aromatic N) is 5. The lowest BCUT2D eigenvalue weighted by Gasteiger charge is -2.43. The first kappa shape index (κ1) is 21.0. The first-order valence-electron chi connectivity index (χ1n) is 10.1. The number of amides is 1. The number of rotatable bonds is 7. The fourth-order valence-electron chi connectivity index (χ4n) is 4.21. The molecule has 2 aromatic rings. The number of anilines is 2. The smallest absolute Gasteiger partial charge is 0.388 e. The molecular weight excluding hydrogens is 408 g/mol. The molecule has 0 bridgehead atoms. The number of aromatic nitrogens is 3. The second-order valence-electron chi connectivity index (χ2n) is 7.78. The van der Waals surface area contributed by atoms with E-state index in [4.69, 9.17) is 5.73 Å². The van der Waals surface area contributed by atoms with Crippen LogP contribution in [0.1, 0.15) is 42.1 Å². The van der Waals surface area contributed by atoms with Crippen LogP contribution in [0.25, 0.3) is 0 Å². The highest BCUT2D eigenvalue weighted by Crippen LogP contribution is 2.37. The van der Waals surface area contributed by atoms with Gasteiger partial charge >= 0.3 is 6.61 Å². The maximum atomic E-state index is 12.3. The Balaban J connectivity index is 1.52. The SMILES string of the molecule is N#C[C@H]1C[C@H](N2CCC2)CC[C@@H]1n1cc(C(N)=O)c(Nc2ccc(OC(F)F)nc2)n1. The van der Waals surface area contributed by atoms with Crippen LogP contribution in [-0.2, 0) is 0 Å². The molecule has 3 heterocycles. The molecule has 9 nitrogen and oxygen atoms in total. The van der Waals surface area contributed by atoms with E-state index < -0.39 is 12.5 Å². The predicted octanol–water partition coefficient (Wildman–Crippen LogP) is 2.66. The van der Waals surface area contributed by atoms with Crippen LogP contribution in [0.15, 0.2) is 24.5 Å². The largest absolute Gasteiger partial charge is 0.417 e. The monoisotopic (exact) mass is 431 g/mol. The minimum absolute atomic E-state index is 0.156. The van der Waals surface area contributed by atoms with E-state index in [-0.39, 0.29) is 29.2 Å². The summed E-state index contributed by atoms with van der Waals surface area (Å²) in [5.74, 6) is -0.891. The molecule has 0 aromatic carbocycles. The van der Waals surface area contributed by atoms with Crippen molar-refractivity contribution in [3.63, 3.8) is 0 Å². The van der Waals surface area contributed by atoms with Gasteiger partial charge in [0.1, 0.15) is 5.56 Å². The number of nitriles is 1. The average molecular weight is 431 g/mol. The van der Waals surface area contributed by atoms with Gasteiger partial charge in [-0.2, -0.15) is 19.1 Å². The van der Waals surface area contributed by atoms with E-state index in [1.807, 2.05) is 0 Å². The van der Waals surface area contributed by atoms with Crippen LogP contribution in [0.5, 0.6) is 5.88 Å². The zero-order valence-electron chi connectivity index (χ0n) is 16.7. The molecule has 2 aromatic heterocycles. The first-order chi connectivity index (χ1) is 14.9. The number of carbonyl (C=O) groups excluding carboxylic acids is 1. The highest BCUT2D eigenvalue weighted by molar-refractivity contribution is 5.98. The van der Waals surface area contributed by atoms with E-state index in [0.29, 0.717) is 11.7 Å². The molecule has 2 aliphatic rings. The molecule has 11 heteroatoms. The summed E-state index contributed by atoms with van der Waals surface area (Å²) in [5, 5.41) is 17.2. The second-order valence-corrected chi connectivity index (χ2v) is 7.78. The van der Waals surface area contributed by atoms with Gasteiger partial charge in [0.2, 0.25) is 5.88 Å². The van der Waals surface area contributed by atoms with Gasteiger partial charge in [0.15, 0.2) is 5.82 Å². The molecule has 1 aliphatic carbocycles. The number of likely N-dealkylation sites (tertiary alicyclic amines) is 1. The molecule has 3 N–H and O–H groups in total. The normalized spacial score (nSPS) is 23.7. The maximum Gasteiger partial charge on any atom is 0.388 e. The summed E-state index contributed by atoms with van der Waals surface area (Å²) in [6.07, 6.45) is 6.57. The summed E-state index contributed by atoms with van der Waals surface area (Å²) in [4.78, 5) is 18.2. The molecule has 0 spiro atoms. The van der Waals surface area contributed by atoms with E-state index >= 15 is 0 Å². The number of ether oxygens (including phenoxy) is 1. The van der Waals surface area contributed by atoms with Crippen LogP contribution in [-0.4, -0.2) is 51.3 Å². The quantitative estimate of drug-likeness (QED) is 0.691. The highest BCUT2D eigenvalue weighted by Gasteiger charge is 2.37. The summed E-state index contributed by atoms with van der Waals surface area (Å²) in [7, 11) is 0. The summed E-state index contributed by atoms with van der Waals surface area (Å²) in [5.41, 5.74) is 6.12. The number of halogens is 2. The van der Waals surface area contributed by atoms with Gasteiger partial charge in [-0.05, 0) is 44.8 Å². The summed E-state index contributed by atoms with van der Waals surface area (Å²) in [6.45, 7) is -0.790. The Bertz CT molecular complexity index is 969. The summed E-state index contributed by atoms with van der Waals surface area (Å²) in [6, 6.07) is 5.42. The van der Waals surface area contributed by atoms with Crippen molar-refractivity contribution in [1.82, 2.24) is 19.7 Å². The van der Waals surface area contributed by atoms with Crippen molar-refractivity contribution >= 4 is 17.4 Å². The topological polar surface area (TPSA) is 122 Å². The van der Waals surface area contributed by atoms with Gasteiger partial charge in [-0.25, -0.2) is 4.98 Å². The van der Waals surface area contributed by atoms with Crippen LogP contribution in [0.2, 0.25) is 0 Å². The van der Waals surface area contributed by atoms with E-state index in [9.17, 15) is 18.8 Å². The zero-order valence-corrected chi connectivity index (χ0v) is 16.7.